The smallest absolute Gasteiger partial charge is 0.229 e. The van der Waals surface area contributed by atoms with Crippen LogP contribution in [0.5, 0.6) is 0 Å². The Labute approximate surface area is 170 Å². The minimum Gasteiger partial charge on any atom is -0.379 e. The summed E-state index contributed by atoms with van der Waals surface area (Å²) in [6.07, 6.45) is 4.02. The van der Waals surface area contributed by atoms with Gasteiger partial charge in [-0.15, -0.1) is 0 Å². The van der Waals surface area contributed by atoms with Crippen LogP contribution in [0.4, 0.5) is 5.82 Å². The number of hydrogen-bond donors (Lipinski definition) is 1. The van der Waals surface area contributed by atoms with Gasteiger partial charge in [-0.2, -0.15) is 0 Å². The van der Waals surface area contributed by atoms with Crippen LogP contribution < -0.4 is 5.73 Å². The van der Waals surface area contributed by atoms with Crippen LogP contribution in [-0.2, 0) is 16.0 Å². The Bertz CT molecular complexity index is 868. The molecule has 8 nitrogen and oxygen atoms in total. The van der Waals surface area contributed by atoms with Crippen LogP contribution >= 0.6 is 0 Å². The van der Waals surface area contributed by atoms with Gasteiger partial charge in [-0.3, -0.25) is 9.59 Å². The lowest BCUT2D eigenvalue weighted by molar-refractivity contribution is -0.137. The molecule has 0 bridgehead atoms. The summed E-state index contributed by atoms with van der Waals surface area (Å²) < 4.78 is 4.66. The van der Waals surface area contributed by atoms with Gasteiger partial charge >= 0.3 is 0 Å². The molecule has 0 radical (unpaired) electrons. The molecule has 0 unspecified atom stereocenters. The highest BCUT2D eigenvalue weighted by Crippen LogP contribution is 2.39. The van der Waals surface area contributed by atoms with Gasteiger partial charge in [-0.1, -0.05) is 48.3 Å². The molecule has 1 aromatic carbocycles. The van der Waals surface area contributed by atoms with Crippen molar-refractivity contribution in [1.82, 2.24) is 20.1 Å². The van der Waals surface area contributed by atoms with E-state index in [2.05, 4.69) is 27.1 Å². The molecule has 2 N–H and O–H groups in total. The average molecular weight is 397 g/mol. The molecule has 2 fully saturated rings. The van der Waals surface area contributed by atoms with Gasteiger partial charge < -0.3 is 15.5 Å². The SMILES string of the molecule is CC(=O)N1C[C@@H](c2ccccc2)[C@H]2[C@H]1CCCCCN2C(=O)Cc1nonc1N. The van der Waals surface area contributed by atoms with Gasteiger partial charge in [0.15, 0.2) is 5.82 Å². The van der Waals surface area contributed by atoms with Crippen molar-refractivity contribution in [2.24, 2.45) is 0 Å². The van der Waals surface area contributed by atoms with Crippen molar-refractivity contribution in [3.05, 3.63) is 41.6 Å². The minimum atomic E-state index is -0.0600. The number of nitrogens with zero attached hydrogens (tertiary/aromatic N) is 4. The van der Waals surface area contributed by atoms with Crippen LogP contribution in [0.3, 0.4) is 0 Å². The third kappa shape index (κ3) is 3.83. The van der Waals surface area contributed by atoms with E-state index < -0.39 is 0 Å². The van der Waals surface area contributed by atoms with E-state index in [0.29, 0.717) is 18.8 Å². The highest BCUT2D eigenvalue weighted by molar-refractivity contribution is 5.80. The number of rotatable bonds is 3. The highest BCUT2D eigenvalue weighted by Gasteiger charge is 2.47. The van der Waals surface area contributed by atoms with E-state index in [1.807, 2.05) is 28.0 Å². The second kappa shape index (κ2) is 8.23. The standard InChI is InChI=1S/C21H27N5O3/c1-14(27)26-13-16(15-8-4-2-5-9-15)20-18(26)10-6-3-7-11-25(20)19(28)12-17-21(22)24-29-23-17/h2,4-5,8-9,16,18,20H,3,6-7,10-13H2,1H3,(H2,22,24)/t16-,18+,20-/m0/s1. The molecular formula is C21H27N5O3. The predicted molar refractivity (Wildman–Crippen MR) is 107 cm³/mol. The first kappa shape index (κ1) is 19.4. The van der Waals surface area contributed by atoms with Crippen molar-refractivity contribution < 1.29 is 14.2 Å². The molecule has 4 rings (SSSR count). The average Bonchev–Trinajstić information content (AvgIpc) is 3.26. The number of carbonyl (C=O) groups excluding carboxylic acids is 2. The van der Waals surface area contributed by atoms with Crippen LogP contribution in [-0.4, -0.2) is 57.1 Å². The van der Waals surface area contributed by atoms with Crippen molar-refractivity contribution in [3.63, 3.8) is 0 Å². The Morgan fingerprint density at radius 2 is 1.93 bits per heavy atom. The van der Waals surface area contributed by atoms with Crippen LogP contribution in [0.25, 0.3) is 0 Å². The quantitative estimate of drug-likeness (QED) is 0.849. The first-order chi connectivity index (χ1) is 14.1. The van der Waals surface area contributed by atoms with E-state index in [1.165, 1.54) is 0 Å². The number of amides is 2. The zero-order valence-electron chi connectivity index (χ0n) is 16.7. The molecule has 1 aromatic heterocycles. The highest BCUT2D eigenvalue weighted by atomic mass is 16.6. The Kier molecular flexibility index (Phi) is 5.51. The van der Waals surface area contributed by atoms with Crippen molar-refractivity contribution in [1.29, 1.82) is 0 Å². The molecule has 2 saturated heterocycles. The third-order valence-corrected chi connectivity index (χ3v) is 6.22. The van der Waals surface area contributed by atoms with Crippen molar-refractivity contribution in [2.75, 3.05) is 18.8 Å². The van der Waals surface area contributed by atoms with E-state index in [4.69, 9.17) is 5.73 Å². The molecule has 2 amide bonds. The molecule has 0 saturated carbocycles. The molecule has 29 heavy (non-hydrogen) atoms. The summed E-state index contributed by atoms with van der Waals surface area (Å²) in [7, 11) is 0. The van der Waals surface area contributed by atoms with E-state index in [0.717, 1.165) is 31.2 Å². The number of carbonyl (C=O) groups is 2. The molecule has 3 atom stereocenters. The van der Waals surface area contributed by atoms with Crippen molar-refractivity contribution >= 4 is 17.6 Å². The Balaban J connectivity index is 1.69. The predicted octanol–water partition coefficient (Wildman–Crippen LogP) is 1.98. The molecule has 8 heteroatoms. The first-order valence-corrected chi connectivity index (χ1v) is 10.2. The topological polar surface area (TPSA) is 106 Å². The van der Waals surface area contributed by atoms with E-state index >= 15 is 0 Å². The van der Waals surface area contributed by atoms with Gasteiger partial charge in [-0.05, 0) is 23.6 Å². The number of fused-ring (bicyclic) bond motifs is 1. The molecule has 154 valence electrons. The summed E-state index contributed by atoms with van der Waals surface area (Å²) in [6.45, 7) is 2.92. The summed E-state index contributed by atoms with van der Waals surface area (Å²) in [6, 6.07) is 10.2. The number of aromatic nitrogens is 2. The zero-order valence-corrected chi connectivity index (χ0v) is 16.7. The summed E-state index contributed by atoms with van der Waals surface area (Å²) in [5.74, 6) is 0.255. The molecule has 0 aliphatic carbocycles. The van der Waals surface area contributed by atoms with E-state index in [-0.39, 0.29) is 42.1 Å². The van der Waals surface area contributed by atoms with Crippen molar-refractivity contribution in [3.8, 4) is 0 Å². The Morgan fingerprint density at radius 1 is 1.14 bits per heavy atom. The van der Waals surface area contributed by atoms with Gasteiger partial charge in [-0.25, -0.2) is 4.63 Å². The number of nitrogen functional groups attached to an aromatic ring is 1. The molecule has 3 heterocycles. The normalized spacial score (nSPS) is 24.7. The summed E-state index contributed by atoms with van der Waals surface area (Å²) in [5.41, 5.74) is 7.30. The zero-order chi connectivity index (χ0) is 20.4. The maximum Gasteiger partial charge on any atom is 0.229 e. The third-order valence-electron chi connectivity index (χ3n) is 6.22. The van der Waals surface area contributed by atoms with Gasteiger partial charge in [0, 0.05) is 25.9 Å². The van der Waals surface area contributed by atoms with Gasteiger partial charge in [0.1, 0.15) is 5.69 Å². The number of anilines is 1. The van der Waals surface area contributed by atoms with Gasteiger partial charge in [0.05, 0.1) is 18.5 Å². The number of likely N-dealkylation sites (tertiary alicyclic amines) is 2. The van der Waals surface area contributed by atoms with Crippen LogP contribution in [0.15, 0.2) is 35.0 Å². The van der Waals surface area contributed by atoms with Gasteiger partial charge in [0.25, 0.3) is 0 Å². The monoisotopic (exact) mass is 397 g/mol. The fraction of sp³-hybridized carbons (Fsp3) is 0.524. The summed E-state index contributed by atoms with van der Waals surface area (Å²) in [5, 5.41) is 7.36. The largest absolute Gasteiger partial charge is 0.379 e. The van der Waals surface area contributed by atoms with Crippen LogP contribution in [0, 0.1) is 0 Å². The molecule has 2 aliphatic rings. The van der Waals surface area contributed by atoms with Crippen LogP contribution in [0.1, 0.15) is 49.8 Å². The van der Waals surface area contributed by atoms with Gasteiger partial charge in [0.2, 0.25) is 11.8 Å². The number of nitrogens with two attached hydrogens (primary N) is 1. The lowest BCUT2D eigenvalue weighted by Crippen LogP contribution is -2.51. The maximum atomic E-state index is 13.3. The molecule has 2 aliphatic heterocycles. The van der Waals surface area contributed by atoms with E-state index in [9.17, 15) is 9.59 Å². The Morgan fingerprint density at radius 3 is 2.62 bits per heavy atom. The molecule has 2 aromatic rings. The van der Waals surface area contributed by atoms with E-state index in [1.54, 1.807) is 6.92 Å². The lowest BCUT2D eigenvalue weighted by atomic mass is 9.86. The fourth-order valence-corrected chi connectivity index (χ4v) is 4.86. The second-order valence-corrected chi connectivity index (χ2v) is 7.96. The number of benzene rings is 1. The molecule has 0 spiro atoms. The summed E-state index contributed by atoms with van der Waals surface area (Å²) in [4.78, 5) is 29.7. The Hall–Kier alpha value is -2.90. The fourth-order valence-electron chi connectivity index (χ4n) is 4.86. The maximum absolute atomic E-state index is 13.3. The van der Waals surface area contributed by atoms with Crippen LogP contribution in [0.2, 0.25) is 0 Å². The minimum absolute atomic E-state index is 0.0229. The molecular weight excluding hydrogens is 370 g/mol. The summed E-state index contributed by atoms with van der Waals surface area (Å²) >= 11 is 0. The number of hydrogen-bond acceptors (Lipinski definition) is 6. The second-order valence-electron chi connectivity index (χ2n) is 7.96. The lowest BCUT2D eigenvalue weighted by Gasteiger charge is -2.39. The first-order valence-electron chi connectivity index (χ1n) is 10.2. The van der Waals surface area contributed by atoms with Crippen molar-refractivity contribution in [2.45, 2.75) is 57.0 Å².